The van der Waals surface area contributed by atoms with E-state index in [9.17, 15) is 31.2 Å². The van der Waals surface area contributed by atoms with Crippen LogP contribution in [0.15, 0.2) is 72.8 Å². The average molecular weight is 645 g/mol. The molecule has 1 atom stereocenters. The maximum Gasteiger partial charge on any atom is 0.416 e. The number of nitrogens with one attached hydrogen (secondary N) is 1. The van der Waals surface area contributed by atoms with E-state index in [0.29, 0.717) is 28.9 Å². The van der Waals surface area contributed by atoms with Crippen LogP contribution in [0.5, 0.6) is 0 Å². The zero-order valence-corrected chi connectivity index (χ0v) is 25.2. The van der Waals surface area contributed by atoms with E-state index in [-0.39, 0.29) is 28.7 Å². The van der Waals surface area contributed by atoms with Gasteiger partial charge in [-0.2, -0.15) is 13.2 Å². The Morgan fingerprint density at radius 2 is 1.62 bits per heavy atom. The molecule has 42 heavy (non-hydrogen) atoms. The number of rotatable bonds is 12. The Labute approximate surface area is 253 Å². The first-order chi connectivity index (χ1) is 19.7. The summed E-state index contributed by atoms with van der Waals surface area (Å²) >= 11 is 12.3. The molecule has 0 fully saturated rings. The lowest BCUT2D eigenvalue weighted by Gasteiger charge is -2.33. The topological polar surface area (TPSA) is 86.8 Å². The molecule has 0 saturated carbocycles. The Hall–Kier alpha value is -3.28. The lowest BCUT2D eigenvalue weighted by atomic mass is 10.0. The number of sulfonamides is 1. The average Bonchev–Trinajstić information content (AvgIpc) is 2.93. The number of hydrogen-bond donors (Lipinski definition) is 1. The molecule has 2 amide bonds. The number of benzene rings is 3. The SMILES string of the molecule is CCCNC(=O)[C@@H](Cc1ccccc1)N(Cc1ccc(Cl)c(Cl)c1)C(=O)CN(c1cccc(C(F)(F)F)c1)S(C)(=O)=O. The number of hydrogen-bond acceptors (Lipinski definition) is 4. The first-order valence-electron chi connectivity index (χ1n) is 12.9. The van der Waals surface area contributed by atoms with E-state index in [1.807, 2.05) is 6.92 Å². The lowest BCUT2D eigenvalue weighted by Crippen LogP contribution is -2.53. The molecule has 0 spiro atoms. The monoisotopic (exact) mass is 643 g/mol. The van der Waals surface area contributed by atoms with E-state index in [0.717, 1.165) is 24.0 Å². The van der Waals surface area contributed by atoms with E-state index in [4.69, 9.17) is 23.2 Å². The van der Waals surface area contributed by atoms with E-state index in [1.54, 1.807) is 36.4 Å². The summed E-state index contributed by atoms with van der Waals surface area (Å²) < 4.78 is 66.4. The van der Waals surface area contributed by atoms with Crippen LogP contribution < -0.4 is 9.62 Å². The number of carbonyl (C=O) groups excluding carboxylic acids is 2. The smallest absolute Gasteiger partial charge is 0.354 e. The van der Waals surface area contributed by atoms with Crippen LogP contribution >= 0.6 is 23.2 Å². The van der Waals surface area contributed by atoms with Crippen LogP contribution in [-0.4, -0.2) is 50.5 Å². The minimum absolute atomic E-state index is 0.0892. The molecule has 1 N–H and O–H groups in total. The van der Waals surface area contributed by atoms with Gasteiger partial charge in [-0.3, -0.25) is 13.9 Å². The van der Waals surface area contributed by atoms with Crippen LogP contribution in [0, 0.1) is 0 Å². The summed E-state index contributed by atoms with van der Waals surface area (Å²) in [5.41, 5.74) is -0.178. The van der Waals surface area contributed by atoms with Crippen molar-refractivity contribution in [1.82, 2.24) is 10.2 Å². The van der Waals surface area contributed by atoms with Gasteiger partial charge in [0.05, 0.1) is 27.6 Å². The Bertz CT molecular complexity index is 1510. The van der Waals surface area contributed by atoms with Crippen molar-refractivity contribution in [1.29, 1.82) is 0 Å². The maximum absolute atomic E-state index is 14.0. The summed E-state index contributed by atoms with van der Waals surface area (Å²) in [5.74, 6) is -1.28. The number of alkyl halides is 3. The predicted molar refractivity (Wildman–Crippen MR) is 158 cm³/mol. The number of amides is 2. The molecule has 0 radical (unpaired) electrons. The fourth-order valence-electron chi connectivity index (χ4n) is 4.21. The largest absolute Gasteiger partial charge is 0.416 e. The van der Waals surface area contributed by atoms with Crippen LogP contribution in [0.25, 0.3) is 0 Å². The molecule has 13 heteroatoms. The second-order valence-corrected chi connectivity index (χ2v) is 12.3. The van der Waals surface area contributed by atoms with Crippen molar-refractivity contribution in [2.45, 2.75) is 38.5 Å². The van der Waals surface area contributed by atoms with Gasteiger partial charge in [-0.25, -0.2) is 8.42 Å². The summed E-state index contributed by atoms with van der Waals surface area (Å²) in [4.78, 5) is 28.7. The van der Waals surface area contributed by atoms with Crippen LogP contribution in [0.3, 0.4) is 0 Å². The van der Waals surface area contributed by atoms with Crippen LogP contribution in [0.4, 0.5) is 18.9 Å². The van der Waals surface area contributed by atoms with Crippen molar-refractivity contribution in [3.05, 3.63) is 99.5 Å². The van der Waals surface area contributed by atoms with E-state index < -0.39 is 46.2 Å². The first kappa shape index (κ1) is 33.2. The van der Waals surface area contributed by atoms with Crippen molar-refractivity contribution in [2.24, 2.45) is 0 Å². The third-order valence-corrected chi connectivity index (χ3v) is 8.18. The minimum atomic E-state index is -4.73. The molecule has 0 aliphatic heterocycles. The predicted octanol–water partition coefficient (Wildman–Crippen LogP) is 5.94. The number of anilines is 1. The standard InChI is InChI=1S/C29H30Cl2F3N3O4S/c1-3-14-35-28(39)26(16-20-8-5-4-6-9-20)36(18-21-12-13-24(30)25(31)15-21)27(38)19-37(42(2,40)41)23-11-7-10-22(17-23)29(32,33)34/h4-13,15,17,26H,3,14,16,18-19H2,1-2H3,(H,35,39)/t26-/m1/s1. The minimum Gasteiger partial charge on any atom is -0.354 e. The Kier molecular flexibility index (Phi) is 11.3. The highest BCUT2D eigenvalue weighted by Crippen LogP contribution is 2.32. The molecule has 226 valence electrons. The summed E-state index contributed by atoms with van der Waals surface area (Å²) in [5, 5.41) is 3.27. The van der Waals surface area contributed by atoms with Gasteiger partial charge in [0.1, 0.15) is 12.6 Å². The highest BCUT2D eigenvalue weighted by atomic mass is 35.5. The van der Waals surface area contributed by atoms with Gasteiger partial charge in [0, 0.05) is 19.5 Å². The molecule has 0 aliphatic carbocycles. The Morgan fingerprint density at radius 3 is 2.21 bits per heavy atom. The molecule has 0 bridgehead atoms. The molecule has 3 aromatic carbocycles. The Balaban J connectivity index is 2.08. The number of halogens is 5. The molecule has 0 saturated heterocycles. The van der Waals surface area contributed by atoms with Gasteiger partial charge in [0.25, 0.3) is 0 Å². The van der Waals surface area contributed by atoms with Gasteiger partial charge >= 0.3 is 6.18 Å². The molecule has 0 unspecified atom stereocenters. The molecular weight excluding hydrogens is 614 g/mol. The van der Waals surface area contributed by atoms with Crippen LogP contribution in [-0.2, 0) is 38.8 Å². The van der Waals surface area contributed by atoms with Crippen molar-refractivity contribution < 1.29 is 31.2 Å². The Morgan fingerprint density at radius 1 is 0.929 bits per heavy atom. The van der Waals surface area contributed by atoms with Crippen molar-refractivity contribution >= 4 is 50.7 Å². The van der Waals surface area contributed by atoms with Gasteiger partial charge in [0.15, 0.2) is 0 Å². The van der Waals surface area contributed by atoms with Gasteiger partial charge in [-0.05, 0) is 47.9 Å². The van der Waals surface area contributed by atoms with Crippen LogP contribution in [0.1, 0.15) is 30.0 Å². The molecule has 3 rings (SSSR count). The fraction of sp³-hybridized carbons (Fsp3) is 0.310. The van der Waals surface area contributed by atoms with Crippen molar-refractivity contribution in [2.75, 3.05) is 23.7 Å². The molecular formula is C29H30Cl2F3N3O4S. The lowest BCUT2D eigenvalue weighted by molar-refractivity contribution is -0.140. The van der Waals surface area contributed by atoms with Gasteiger partial charge < -0.3 is 10.2 Å². The van der Waals surface area contributed by atoms with Crippen molar-refractivity contribution in [3.8, 4) is 0 Å². The van der Waals surface area contributed by atoms with E-state index in [1.165, 1.54) is 23.1 Å². The normalized spacial score (nSPS) is 12.5. The van der Waals surface area contributed by atoms with Crippen LogP contribution in [0.2, 0.25) is 10.0 Å². The van der Waals surface area contributed by atoms with Crippen molar-refractivity contribution in [3.63, 3.8) is 0 Å². The van der Waals surface area contributed by atoms with Gasteiger partial charge in [0.2, 0.25) is 21.8 Å². The van der Waals surface area contributed by atoms with Gasteiger partial charge in [-0.1, -0.05) is 72.6 Å². The zero-order valence-electron chi connectivity index (χ0n) is 22.9. The maximum atomic E-state index is 14.0. The summed E-state index contributed by atoms with van der Waals surface area (Å²) in [7, 11) is -4.23. The zero-order chi connectivity index (χ0) is 31.1. The summed E-state index contributed by atoms with van der Waals surface area (Å²) in [6.07, 6.45) is -3.23. The molecule has 3 aromatic rings. The summed E-state index contributed by atoms with van der Waals surface area (Å²) in [6.45, 7) is 1.18. The molecule has 0 aliphatic rings. The third kappa shape index (κ3) is 9.11. The summed E-state index contributed by atoms with van der Waals surface area (Å²) in [6, 6.07) is 16.2. The molecule has 7 nitrogen and oxygen atoms in total. The second kappa shape index (κ2) is 14.3. The van der Waals surface area contributed by atoms with Gasteiger partial charge in [-0.15, -0.1) is 0 Å². The molecule has 0 heterocycles. The number of carbonyl (C=O) groups is 2. The highest BCUT2D eigenvalue weighted by molar-refractivity contribution is 7.92. The van der Waals surface area contributed by atoms with E-state index >= 15 is 0 Å². The first-order valence-corrected chi connectivity index (χ1v) is 15.5. The second-order valence-electron chi connectivity index (χ2n) is 9.58. The highest BCUT2D eigenvalue weighted by Gasteiger charge is 2.35. The molecule has 0 aromatic heterocycles. The number of nitrogens with zero attached hydrogens (tertiary/aromatic N) is 2. The van der Waals surface area contributed by atoms with E-state index in [2.05, 4.69) is 5.32 Å². The quantitative estimate of drug-likeness (QED) is 0.264. The fourth-order valence-corrected chi connectivity index (χ4v) is 5.37. The third-order valence-electron chi connectivity index (χ3n) is 6.30.